The lowest BCUT2D eigenvalue weighted by atomic mass is 10.2. The lowest BCUT2D eigenvalue weighted by molar-refractivity contribution is 1.49. The van der Waals surface area contributed by atoms with Crippen molar-refractivity contribution in [2.24, 2.45) is 0 Å². The van der Waals surface area contributed by atoms with Crippen LogP contribution in [-0.4, -0.2) is 13.3 Å². The van der Waals surface area contributed by atoms with E-state index in [4.69, 9.17) is 5.41 Å². The first-order chi connectivity index (χ1) is 4.86. The summed E-state index contributed by atoms with van der Waals surface area (Å²) in [5.41, 5.74) is 2.00. The predicted molar refractivity (Wildman–Crippen MR) is 43.9 cm³/mol. The van der Waals surface area contributed by atoms with E-state index in [1.54, 1.807) is 0 Å². The molecular formula is C8H10N2. The Kier molecular flexibility index (Phi) is 2.05. The maximum Gasteiger partial charge on any atom is 0.0337 e. The van der Waals surface area contributed by atoms with Gasteiger partial charge in [0.25, 0.3) is 0 Å². The monoisotopic (exact) mass is 134 g/mol. The van der Waals surface area contributed by atoms with Crippen molar-refractivity contribution in [1.29, 1.82) is 5.41 Å². The Morgan fingerprint density at radius 3 is 2.30 bits per heavy atom. The minimum Gasteiger partial charge on any atom is -0.388 e. The average Bonchev–Trinajstić information content (AvgIpc) is 2.05. The molecule has 2 N–H and O–H groups in total. The highest BCUT2D eigenvalue weighted by Gasteiger charge is 1.86. The quantitative estimate of drug-likeness (QED) is 0.593. The molecule has 0 unspecified atom stereocenters. The van der Waals surface area contributed by atoms with Gasteiger partial charge in [-0.05, 0) is 17.7 Å². The van der Waals surface area contributed by atoms with Crippen molar-refractivity contribution < 1.29 is 0 Å². The molecule has 0 aliphatic rings. The van der Waals surface area contributed by atoms with Gasteiger partial charge in [-0.3, -0.25) is 0 Å². The lowest BCUT2D eigenvalue weighted by Gasteiger charge is -1.97. The third-order valence-electron chi connectivity index (χ3n) is 1.37. The molecule has 2 heteroatoms. The Morgan fingerprint density at radius 2 is 1.90 bits per heavy atom. The zero-order chi connectivity index (χ0) is 7.40. The summed E-state index contributed by atoms with van der Waals surface area (Å²) in [4.78, 5) is 0. The molecule has 0 aliphatic heterocycles. The maximum atomic E-state index is 6.93. The molecular weight excluding hydrogens is 124 g/mol. The first kappa shape index (κ1) is 6.81. The Labute approximate surface area is 60.4 Å². The van der Waals surface area contributed by atoms with E-state index < -0.39 is 0 Å². The second-order valence-corrected chi connectivity index (χ2v) is 2.02. The second kappa shape index (κ2) is 3.01. The zero-order valence-corrected chi connectivity index (χ0v) is 5.89. The molecule has 0 fully saturated rings. The van der Waals surface area contributed by atoms with E-state index in [2.05, 4.69) is 5.32 Å². The van der Waals surface area contributed by atoms with E-state index in [1.165, 1.54) is 6.21 Å². The van der Waals surface area contributed by atoms with Gasteiger partial charge in [-0.1, -0.05) is 12.1 Å². The molecule has 0 saturated heterocycles. The predicted octanol–water partition coefficient (Wildman–Crippen LogP) is 1.73. The van der Waals surface area contributed by atoms with E-state index in [-0.39, 0.29) is 0 Å². The minimum absolute atomic E-state index is 0.930. The van der Waals surface area contributed by atoms with Gasteiger partial charge in [-0.25, -0.2) is 0 Å². The highest BCUT2D eigenvalue weighted by Crippen LogP contribution is 2.05. The molecule has 0 atom stereocenters. The van der Waals surface area contributed by atoms with Gasteiger partial charge in [0.05, 0.1) is 0 Å². The average molecular weight is 134 g/mol. The third-order valence-corrected chi connectivity index (χ3v) is 1.37. The maximum absolute atomic E-state index is 6.93. The molecule has 1 aromatic rings. The minimum atomic E-state index is 0.930. The number of nitrogens with one attached hydrogen (secondary N) is 2. The molecule has 0 amide bonds. The highest BCUT2D eigenvalue weighted by atomic mass is 14.8. The molecule has 0 radical (unpaired) electrons. The smallest absolute Gasteiger partial charge is 0.0337 e. The van der Waals surface area contributed by atoms with E-state index in [9.17, 15) is 0 Å². The van der Waals surface area contributed by atoms with Crippen molar-refractivity contribution >= 4 is 11.9 Å². The van der Waals surface area contributed by atoms with E-state index in [0.29, 0.717) is 0 Å². The van der Waals surface area contributed by atoms with E-state index in [0.717, 1.165) is 11.3 Å². The molecule has 0 spiro atoms. The summed E-state index contributed by atoms with van der Waals surface area (Å²) >= 11 is 0. The molecule has 2 nitrogen and oxygen atoms in total. The molecule has 10 heavy (non-hydrogen) atoms. The fourth-order valence-corrected chi connectivity index (χ4v) is 0.746. The topological polar surface area (TPSA) is 35.9 Å². The Bertz CT molecular complexity index is 213. The molecule has 0 aliphatic carbocycles. The van der Waals surface area contributed by atoms with Crippen molar-refractivity contribution in [1.82, 2.24) is 0 Å². The van der Waals surface area contributed by atoms with Crippen LogP contribution in [0.25, 0.3) is 0 Å². The number of hydrogen-bond donors (Lipinski definition) is 2. The van der Waals surface area contributed by atoms with Crippen molar-refractivity contribution in [2.75, 3.05) is 12.4 Å². The van der Waals surface area contributed by atoms with Crippen LogP contribution in [0.15, 0.2) is 24.3 Å². The zero-order valence-electron chi connectivity index (χ0n) is 5.89. The number of rotatable bonds is 2. The van der Waals surface area contributed by atoms with Gasteiger partial charge in [0.2, 0.25) is 0 Å². The molecule has 0 aromatic heterocycles. The van der Waals surface area contributed by atoms with Crippen LogP contribution in [-0.2, 0) is 0 Å². The van der Waals surface area contributed by atoms with Crippen molar-refractivity contribution in [3.05, 3.63) is 29.8 Å². The summed E-state index contributed by atoms with van der Waals surface area (Å²) in [5.74, 6) is 0. The molecule has 0 heterocycles. The molecule has 1 rings (SSSR count). The van der Waals surface area contributed by atoms with Crippen molar-refractivity contribution in [3.63, 3.8) is 0 Å². The summed E-state index contributed by atoms with van der Waals surface area (Å²) < 4.78 is 0. The van der Waals surface area contributed by atoms with Crippen LogP contribution < -0.4 is 5.32 Å². The molecule has 1 aromatic carbocycles. The van der Waals surface area contributed by atoms with Crippen LogP contribution in [0.3, 0.4) is 0 Å². The Balaban J connectivity index is 2.90. The molecule has 52 valence electrons. The summed E-state index contributed by atoms with van der Waals surface area (Å²) in [5, 5.41) is 9.93. The van der Waals surface area contributed by atoms with Gasteiger partial charge in [-0.15, -0.1) is 0 Å². The summed E-state index contributed by atoms with van der Waals surface area (Å²) in [6.07, 6.45) is 1.33. The summed E-state index contributed by atoms with van der Waals surface area (Å²) in [7, 11) is 1.87. The summed E-state index contributed by atoms with van der Waals surface area (Å²) in [6.45, 7) is 0. The van der Waals surface area contributed by atoms with Gasteiger partial charge >= 0.3 is 0 Å². The van der Waals surface area contributed by atoms with Gasteiger partial charge in [0.1, 0.15) is 0 Å². The largest absolute Gasteiger partial charge is 0.388 e. The first-order valence-electron chi connectivity index (χ1n) is 3.15. The fraction of sp³-hybridized carbons (Fsp3) is 0.125. The standard InChI is InChI=1S/C8H10N2/c1-10-8-4-2-7(6-9)3-5-8/h2-6,9-10H,1H3. The Hall–Kier alpha value is -1.31. The van der Waals surface area contributed by atoms with Crippen LogP contribution in [0.5, 0.6) is 0 Å². The Morgan fingerprint density at radius 1 is 1.30 bits per heavy atom. The van der Waals surface area contributed by atoms with Gasteiger partial charge in [-0.2, -0.15) is 0 Å². The SMILES string of the molecule is CNc1ccc(C=N)cc1. The van der Waals surface area contributed by atoms with E-state index in [1.807, 2.05) is 31.3 Å². The van der Waals surface area contributed by atoms with Gasteiger partial charge in [0.15, 0.2) is 0 Å². The molecule has 0 bridgehead atoms. The van der Waals surface area contributed by atoms with E-state index >= 15 is 0 Å². The summed E-state index contributed by atoms with van der Waals surface area (Å²) in [6, 6.07) is 7.69. The van der Waals surface area contributed by atoms with Crippen molar-refractivity contribution in [3.8, 4) is 0 Å². The van der Waals surface area contributed by atoms with Crippen LogP contribution >= 0.6 is 0 Å². The normalized spacial score (nSPS) is 8.90. The number of benzene rings is 1. The van der Waals surface area contributed by atoms with Crippen LogP contribution in [0, 0.1) is 5.41 Å². The number of hydrogen-bond acceptors (Lipinski definition) is 2. The van der Waals surface area contributed by atoms with Crippen LogP contribution in [0.4, 0.5) is 5.69 Å². The highest BCUT2D eigenvalue weighted by molar-refractivity contribution is 5.77. The lowest BCUT2D eigenvalue weighted by Crippen LogP contribution is -1.87. The van der Waals surface area contributed by atoms with Crippen LogP contribution in [0.1, 0.15) is 5.56 Å². The van der Waals surface area contributed by atoms with Crippen molar-refractivity contribution in [2.45, 2.75) is 0 Å². The third kappa shape index (κ3) is 1.35. The fourth-order valence-electron chi connectivity index (χ4n) is 0.746. The first-order valence-corrected chi connectivity index (χ1v) is 3.15. The van der Waals surface area contributed by atoms with Gasteiger partial charge in [0, 0.05) is 18.9 Å². The second-order valence-electron chi connectivity index (χ2n) is 2.02. The van der Waals surface area contributed by atoms with Gasteiger partial charge < -0.3 is 10.7 Å². The van der Waals surface area contributed by atoms with Crippen LogP contribution in [0.2, 0.25) is 0 Å². The molecule has 0 saturated carbocycles. The number of anilines is 1.